The van der Waals surface area contributed by atoms with Crippen molar-refractivity contribution in [3.05, 3.63) is 29.3 Å². The molecule has 7 nitrogen and oxygen atoms in total. The van der Waals surface area contributed by atoms with Crippen molar-refractivity contribution in [2.24, 2.45) is 11.3 Å². The summed E-state index contributed by atoms with van der Waals surface area (Å²) >= 11 is 0. The summed E-state index contributed by atoms with van der Waals surface area (Å²) in [6.07, 6.45) is 0.682. The molecule has 2 heterocycles. The van der Waals surface area contributed by atoms with Gasteiger partial charge in [0, 0.05) is 60.2 Å². The van der Waals surface area contributed by atoms with Crippen molar-refractivity contribution in [3.63, 3.8) is 0 Å². The van der Waals surface area contributed by atoms with Crippen molar-refractivity contribution in [2.45, 2.75) is 113 Å². The summed E-state index contributed by atoms with van der Waals surface area (Å²) in [5.74, 6) is -4.30. The lowest BCUT2D eigenvalue weighted by molar-refractivity contribution is -0.186. The van der Waals surface area contributed by atoms with Crippen LogP contribution in [-0.4, -0.2) is 58.9 Å². The monoisotopic (exact) mass is 596 g/mol. The maximum Gasteiger partial charge on any atom is 0.395 e. The third kappa shape index (κ3) is 5.63. The fourth-order valence-corrected chi connectivity index (χ4v) is 7.12. The molecule has 0 bridgehead atoms. The first kappa shape index (κ1) is 29.3. The van der Waals surface area contributed by atoms with E-state index in [2.05, 4.69) is 16.0 Å². The third-order valence-electron chi connectivity index (χ3n) is 10.3. The van der Waals surface area contributed by atoms with Gasteiger partial charge in [0.05, 0.1) is 5.41 Å². The highest BCUT2D eigenvalue weighted by molar-refractivity contribution is 6.06. The van der Waals surface area contributed by atoms with Crippen molar-refractivity contribution in [3.8, 4) is 0 Å². The van der Waals surface area contributed by atoms with Gasteiger partial charge in [0.25, 0.3) is 11.8 Å². The molecule has 230 valence electrons. The van der Waals surface area contributed by atoms with Crippen LogP contribution in [0.5, 0.6) is 0 Å². The van der Waals surface area contributed by atoms with Gasteiger partial charge in [-0.05, 0) is 69.9 Å². The summed E-state index contributed by atoms with van der Waals surface area (Å²) in [7, 11) is 0. The predicted molar refractivity (Wildman–Crippen MR) is 144 cm³/mol. The van der Waals surface area contributed by atoms with Gasteiger partial charge in [0.15, 0.2) is 0 Å². The molecular weight excluding hydrogens is 559 g/mol. The number of fused-ring (bicyclic) bond motifs is 1. The largest absolute Gasteiger partial charge is 0.395 e. The number of hydrogen-bond acceptors (Lipinski definition) is 5. The van der Waals surface area contributed by atoms with Crippen molar-refractivity contribution in [1.82, 2.24) is 15.5 Å². The number of nitrogens with zero attached hydrogens (tertiary/aromatic N) is 1. The molecular formula is C30H37F5N4O3. The lowest BCUT2D eigenvalue weighted by atomic mass is 9.75. The van der Waals surface area contributed by atoms with Crippen LogP contribution in [0.1, 0.15) is 93.0 Å². The highest BCUT2D eigenvalue weighted by Crippen LogP contribution is 2.57. The Kier molecular flexibility index (Phi) is 7.29. The van der Waals surface area contributed by atoms with Gasteiger partial charge < -0.3 is 15.5 Å². The molecule has 12 heteroatoms. The first-order valence-electron chi connectivity index (χ1n) is 15.0. The smallest absolute Gasteiger partial charge is 0.379 e. The second-order valence-electron chi connectivity index (χ2n) is 13.1. The molecule has 2 atom stereocenters. The van der Waals surface area contributed by atoms with E-state index in [0.29, 0.717) is 50.5 Å². The summed E-state index contributed by atoms with van der Waals surface area (Å²) in [6.45, 7) is 0.126. The average molecular weight is 597 g/mol. The second-order valence-corrected chi connectivity index (χ2v) is 13.1. The number of piperidine rings is 1. The molecule has 3 N–H and O–H groups in total. The molecule has 0 unspecified atom stereocenters. The number of carbonyl (C=O) groups is 3. The summed E-state index contributed by atoms with van der Waals surface area (Å²) < 4.78 is 67.4. The van der Waals surface area contributed by atoms with Gasteiger partial charge in [-0.3, -0.25) is 19.7 Å². The number of anilines is 1. The van der Waals surface area contributed by atoms with E-state index in [-0.39, 0.29) is 63.0 Å². The van der Waals surface area contributed by atoms with Gasteiger partial charge in [0.2, 0.25) is 11.8 Å². The first-order valence-corrected chi connectivity index (χ1v) is 15.0. The van der Waals surface area contributed by atoms with E-state index in [9.17, 15) is 36.3 Å². The maximum atomic E-state index is 13.6. The quantitative estimate of drug-likeness (QED) is 0.252. The maximum absolute atomic E-state index is 13.6. The van der Waals surface area contributed by atoms with Crippen molar-refractivity contribution in [1.29, 1.82) is 0 Å². The van der Waals surface area contributed by atoms with Crippen LogP contribution in [0.2, 0.25) is 0 Å². The number of benzene rings is 1. The van der Waals surface area contributed by atoms with Crippen molar-refractivity contribution >= 4 is 23.4 Å². The molecule has 42 heavy (non-hydrogen) atoms. The first-order chi connectivity index (χ1) is 19.8. The SMILES string of the molecule is O=C1CC[C@H](N2Cc3c(NC4(CCC[C@H]5CC5(F)F)CCC(NCC5(C(F)(F)F)CC5)CC4)cccc3C2=O)C(=O)N1. The molecule has 1 saturated heterocycles. The van der Waals surface area contributed by atoms with Crippen LogP contribution in [-0.2, 0) is 16.1 Å². The van der Waals surface area contributed by atoms with Gasteiger partial charge in [-0.25, -0.2) is 8.78 Å². The van der Waals surface area contributed by atoms with E-state index >= 15 is 0 Å². The molecule has 1 aromatic carbocycles. The van der Waals surface area contributed by atoms with E-state index in [1.54, 1.807) is 12.1 Å². The van der Waals surface area contributed by atoms with E-state index in [1.807, 2.05) is 6.07 Å². The molecule has 3 aliphatic carbocycles. The highest BCUT2D eigenvalue weighted by Gasteiger charge is 2.63. The molecule has 2 aliphatic heterocycles. The molecule has 3 amide bonds. The summed E-state index contributed by atoms with van der Waals surface area (Å²) in [5.41, 5.74) is -0.0889. The Morgan fingerprint density at radius 2 is 1.74 bits per heavy atom. The van der Waals surface area contributed by atoms with Crippen LogP contribution >= 0.6 is 0 Å². The molecule has 0 spiro atoms. The van der Waals surface area contributed by atoms with Crippen LogP contribution < -0.4 is 16.0 Å². The number of rotatable bonds is 10. The fraction of sp³-hybridized carbons (Fsp3) is 0.700. The molecule has 1 aromatic rings. The zero-order valence-electron chi connectivity index (χ0n) is 23.4. The van der Waals surface area contributed by atoms with E-state index in [0.717, 1.165) is 11.3 Å². The zero-order valence-corrected chi connectivity index (χ0v) is 23.4. The Hall–Kier alpha value is -2.76. The molecule has 4 fully saturated rings. The van der Waals surface area contributed by atoms with Gasteiger partial charge in [-0.15, -0.1) is 0 Å². The Balaban J connectivity index is 1.15. The highest BCUT2D eigenvalue weighted by atomic mass is 19.4. The molecule has 3 saturated carbocycles. The summed E-state index contributed by atoms with van der Waals surface area (Å²) in [6, 6.07) is 4.56. The minimum Gasteiger partial charge on any atom is -0.379 e. The average Bonchev–Trinajstić information content (AvgIpc) is 3.81. The fourth-order valence-electron chi connectivity index (χ4n) is 7.12. The Labute approximate surface area is 241 Å². The minimum absolute atomic E-state index is 0.0569. The summed E-state index contributed by atoms with van der Waals surface area (Å²) in [4.78, 5) is 38.9. The molecule has 6 rings (SSSR count). The molecule has 5 aliphatic rings. The zero-order chi connectivity index (χ0) is 29.9. The second kappa shape index (κ2) is 10.4. The number of halogens is 5. The normalized spacial score (nSPS) is 31.5. The Morgan fingerprint density at radius 1 is 1.02 bits per heavy atom. The van der Waals surface area contributed by atoms with Crippen LogP contribution in [0.4, 0.5) is 27.6 Å². The van der Waals surface area contributed by atoms with Crippen LogP contribution in [0, 0.1) is 11.3 Å². The number of amides is 3. The Morgan fingerprint density at radius 3 is 2.36 bits per heavy atom. The topological polar surface area (TPSA) is 90.5 Å². The van der Waals surface area contributed by atoms with Crippen molar-refractivity contribution < 1.29 is 36.3 Å². The van der Waals surface area contributed by atoms with Gasteiger partial charge in [0.1, 0.15) is 6.04 Å². The van der Waals surface area contributed by atoms with Gasteiger partial charge in [-0.1, -0.05) is 12.5 Å². The number of hydrogen-bond donors (Lipinski definition) is 3. The van der Waals surface area contributed by atoms with E-state index in [1.165, 1.54) is 4.90 Å². The van der Waals surface area contributed by atoms with Gasteiger partial charge >= 0.3 is 6.18 Å². The number of imide groups is 1. The minimum atomic E-state index is -4.21. The number of alkyl halides is 5. The third-order valence-corrected chi connectivity index (χ3v) is 10.3. The van der Waals surface area contributed by atoms with E-state index in [4.69, 9.17) is 0 Å². The lowest BCUT2D eigenvalue weighted by Crippen LogP contribution is -2.52. The number of nitrogens with one attached hydrogen (secondary N) is 3. The predicted octanol–water partition coefficient (Wildman–Crippen LogP) is 5.30. The van der Waals surface area contributed by atoms with Crippen LogP contribution in [0.3, 0.4) is 0 Å². The lowest BCUT2D eigenvalue weighted by Gasteiger charge is -2.43. The van der Waals surface area contributed by atoms with Crippen LogP contribution in [0.25, 0.3) is 0 Å². The van der Waals surface area contributed by atoms with Gasteiger partial charge in [-0.2, -0.15) is 13.2 Å². The molecule has 0 aromatic heterocycles. The van der Waals surface area contributed by atoms with E-state index < -0.39 is 40.9 Å². The number of carbonyl (C=O) groups excluding carboxylic acids is 3. The van der Waals surface area contributed by atoms with Crippen molar-refractivity contribution in [2.75, 3.05) is 11.9 Å². The molecule has 0 radical (unpaired) electrons. The van der Waals surface area contributed by atoms with Crippen LogP contribution in [0.15, 0.2) is 18.2 Å². The summed E-state index contributed by atoms with van der Waals surface area (Å²) in [5, 5.41) is 9.15. The standard InChI is InChI=1S/C30H37F5N4O3/c31-29(32)15-18(29)3-2-10-28(11-8-19(9-12-28)36-17-27(13-14-27)30(33,34)35)38-22-5-1-4-20-21(22)16-39(26(20)42)23-6-7-24(40)37-25(23)41/h1,4-5,18-19,23,36,38H,2-3,6-17H2,(H,37,40,41)/t18-,19?,23-,28?/m0/s1. The Bertz CT molecular complexity index is 1260.